The van der Waals surface area contributed by atoms with Crippen molar-refractivity contribution in [2.45, 2.75) is 12.5 Å². The average Bonchev–Trinajstić information content (AvgIpc) is 3.50. The Morgan fingerprint density at radius 2 is 2.00 bits per heavy atom. The second kappa shape index (κ2) is 7.77. The average molecular weight is 431 g/mol. The molecule has 0 fully saturated rings. The summed E-state index contributed by atoms with van der Waals surface area (Å²) >= 11 is 1.70. The number of nitro benzene ring substituents is 1. The Morgan fingerprint density at radius 3 is 2.74 bits per heavy atom. The maximum atomic E-state index is 13.6. The molecule has 1 atom stereocenters. The van der Waals surface area contributed by atoms with E-state index < -0.39 is 4.92 Å². The number of carbonyl (C=O) groups excluding carboxylic acids is 1. The minimum Gasteiger partial charge on any atom is -0.327 e. The summed E-state index contributed by atoms with van der Waals surface area (Å²) in [5.74, 6) is -0.237. The van der Waals surface area contributed by atoms with E-state index >= 15 is 0 Å². The van der Waals surface area contributed by atoms with Gasteiger partial charge in [0.15, 0.2) is 0 Å². The molecule has 1 aliphatic rings. The molecule has 5 rings (SSSR count). The lowest BCUT2D eigenvalue weighted by Gasteiger charge is -2.36. The van der Waals surface area contributed by atoms with Gasteiger partial charge in [0.25, 0.3) is 11.6 Å². The molecule has 154 valence electrons. The molecule has 8 nitrogen and oxygen atoms in total. The highest BCUT2D eigenvalue weighted by Gasteiger charge is 2.34. The van der Waals surface area contributed by atoms with Crippen molar-refractivity contribution in [1.29, 1.82) is 0 Å². The standard InChI is InChI=1S/C22H17N5O3S/c28-22(16-6-7-18(19(12-16)27(29)30)26-14-23-13-24-26)25-10-8-20-17(9-11-31-20)21(25)15-4-2-1-3-5-15/h1-7,9,11-14,21H,8,10H2. The number of carbonyl (C=O) groups is 1. The zero-order valence-electron chi connectivity index (χ0n) is 16.3. The number of aromatic nitrogens is 3. The third kappa shape index (κ3) is 3.38. The molecule has 4 aromatic rings. The molecule has 1 unspecified atom stereocenters. The van der Waals surface area contributed by atoms with Gasteiger partial charge in [-0.05, 0) is 41.1 Å². The lowest BCUT2D eigenvalue weighted by Crippen LogP contribution is -2.40. The van der Waals surface area contributed by atoms with E-state index in [1.165, 1.54) is 34.3 Å². The van der Waals surface area contributed by atoms with E-state index in [-0.39, 0.29) is 28.9 Å². The van der Waals surface area contributed by atoms with E-state index in [1.807, 2.05) is 35.7 Å². The number of nitrogens with zero attached hydrogens (tertiary/aromatic N) is 5. The van der Waals surface area contributed by atoms with Gasteiger partial charge in [-0.2, -0.15) is 5.10 Å². The molecule has 1 amide bonds. The molecule has 0 radical (unpaired) electrons. The summed E-state index contributed by atoms with van der Waals surface area (Å²) in [6, 6.07) is 16.2. The van der Waals surface area contributed by atoms with E-state index in [1.54, 1.807) is 22.3 Å². The fourth-order valence-corrected chi connectivity index (χ4v) is 4.93. The van der Waals surface area contributed by atoms with Crippen molar-refractivity contribution in [3.63, 3.8) is 0 Å². The normalized spacial score (nSPS) is 15.5. The van der Waals surface area contributed by atoms with Crippen LogP contribution in [-0.4, -0.2) is 37.0 Å². The summed E-state index contributed by atoms with van der Waals surface area (Å²) in [5.41, 5.74) is 2.47. The van der Waals surface area contributed by atoms with Gasteiger partial charge >= 0.3 is 0 Å². The number of rotatable bonds is 4. The Kier molecular flexibility index (Phi) is 4.79. The van der Waals surface area contributed by atoms with Crippen LogP contribution in [-0.2, 0) is 6.42 Å². The van der Waals surface area contributed by atoms with Gasteiger partial charge in [0.1, 0.15) is 18.3 Å². The minimum absolute atomic E-state index is 0.194. The van der Waals surface area contributed by atoms with Gasteiger partial charge in [0.2, 0.25) is 0 Å². The van der Waals surface area contributed by atoms with Gasteiger partial charge in [0.05, 0.1) is 11.0 Å². The summed E-state index contributed by atoms with van der Waals surface area (Å²) in [4.78, 5) is 31.7. The first kappa shape index (κ1) is 19.1. The molecule has 2 aromatic heterocycles. The number of amides is 1. The number of thiophene rings is 1. The van der Waals surface area contributed by atoms with Crippen molar-refractivity contribution in [2.24, 2.45) is 0 Å². The van der Waals surface area contributed by atoms with Crippen LogP contribution in [0.15, 0.2) is 72.6 Å². The first-order valence-electron chi connectivity index (χ1n) is 9.69. The molecular weight excluding hydrogens is 414 g/mol. The monoisotopic (exact) mass is 431 g/mol. The molecule has 0 aliphatic carbocycles. The predicted octanol–water partition coefficient (Wildman–Crippen LogP) is 4.02. The molecule has 1 aliphatic heterocycles. The van der Waals surface area contributed by atoms with Gasteiger partial charge in [-0.3, -0.25) is 14.9 Å². The fraction of sp³-hybridized carbons (Fsp3) is 0.136. The van der Waals surface area contributed by atoms with Crippen LogP contribution in [0.1, 0.15) is 32.4 Å². The van der Waals surface area contributed by atoms with Crippen molar-refractivity contribution in [3.8, 4) is 5.69 Å². The Labute approximate surface area is 181 Å². The Morgan fingerprint density at radius 1 is 1.16 bits per heavy atom. The van der Waals surface area contributed by atoms with E-state index in [9.17, 15) is 14.9 Å². The molecular formula is C22H17N5O3S. The second-order valence-electron chi connectivity index (χ2n) is 7.16. The maximum Gasteiger partial charge on any atom is 0.295 e. The molecule has 2 aromatic carbocycles. The van der Waals surface area contributed by atoms with Crippen LogP contribution >= 0.6 is 11.3 Å². The van der Waals surface area contributed by atoms with Gasteiger partial charge < -0.3 is 4.90 Å². The van der Waals surface area contributed by atoms with Gasteiger partial charge in [-0.25, -0.2) is 9.67 Å². The molecule has 9 heteroatoms. The Hall–Kier alpha value is -3.85. The lowest BCUT2D eigenvalue weighted by atomic mass is 9.92. The van der Waals surface area contributed by atoms with Crippen molar-refractivity contribution >= 4 is 22.9 Å². The molecule has 31 heavy (non-hydrogen) atoms. The SMILES string of the molecule is O=C(c1ccc(-n2cncn2)c([N+](=O)[O-])c1)N1CCc2sccc2C1c1ccccc1. The van der Waals surface area contributed by atoms with Crippen LogP contribution in [0.3, 0.4) is 0 Å². The van der Waals surface area contributed by atoms with Crippen molar-refractivity contribution in [3.05, 3.63) is 104 Å². The summed E-state index contributed by atoms with van der Waals surface area (Å²) in [6.45, 7) is 0.546. The highest BCUT2D eigenvalue weighted by molar-refractivity contribution is 7.10. The molecule has 0 N–H and O–H groups in total. The van der Waals surface area contributed by atoms with Crippen LogP contribution in [0, 0.1) is 10.1 Å². The van der Waals surface area contributed by atoms with E-state index in [4.69, 9.17) is 0 Å². The van der Waals surface area contributed by atoms with E-state index in [0.717, 1.165) is 17.5 Å². The smallest absolute Gasteiger partial charge is 0.295 e. The zero-order chi connectivity index (χ0) is 21.4. The first-order chi connectivity index (χ1) is 15.1. The van der Waals surface area contributed by atoms with Crippen LogP contribution < -0.4 is 0 Å². The van der Waals surface area contributed by atoms with Crippen molar-refractivity contribution in [2.75, 3.05) is 6.54 Å². The minimum atomic E-state index is -0.504. The van der Waals surface area contributed by atoms with Crippen LogP contribution in [0.4, 0.5) is 5.69 Å². The van der Waals surface area contributed by atoms with Gasteiger partial charge in [-0.1, -0.05) is 30.3 Å². The van der Waals surface area contributed by atoms with E-state index in [2.05, 4.69) is 16.1 Å². The van der Waals surface area contributed by atoms with Crippen LogP contribution in [0.5, 0.6) is 0 Å². The number of benzene rings is 2. The molecule has 0 spiro atoms. The molecule has 0 saturated heterocycles. The number of hydrogen-bond donors (Lipinski definition) is 0. The van der Waals surface area contributed by atoms with Gasteiger partial charge in [-0.15, -0.1) is 11.3 Å². The quantitative estimate of drug-likeness (QED) is 0.359. The predicted molar refractivity (Wildman–Crippen MR) is 115 cm³/mol. The molecule has 3 heterocycles. The third-order valence-electron chi connectivity index (χ3n) is 5.43. The highest BCUT2D eigenvalue weighted by Crippen LogP contribution is 2.38. The fourth-order valence-electron chi connectivity index (χ4n) is 4.02. The second-order valence-corrected chi connectivity index (χ2v) is 8.16. The number of hydrogen-bond acceptors (Lipinski definition) is 6. The van der Waals surface area contributed by atoms with Crippen LogP contribution in [0.2, 0.25) is 0 Å². The number of fused-ring (bicyclic) bond motifs is 1. The zero-order valence-corrected chi connectivity index (χ0v) is 17.1. The summed E-state index contributed by atoms with van der Waals surface area (Å²) in [5, 5.41) is 17.7. The van der Waals surface area contributed by atoms with Crippen molar-refractivity contribution < 1.29 is 9.72 Å². The first-order valence-corrected chi connectivity index (χ1v) is 10.6. The topological polar surface area (TPSA) is 94.2 Å². The van der Waals surface area contributed by atoms with Crippen molar-refractivity contribution in [1.82, 2.24) is 19.7 Å². The number of nitro groups is 1. The third-order valence-corrected chi connectivity index (χ3v) is 6.42. The Balaban J connectivity index is 1.56. The van der Waals surface area contributed by atoms with E-state index in [0.29, 0.717) is 6.54 Å². The van der Waals surface area contributed by atoms with Gasteiger partial charge in [0, 0.05) is 23.1 Å². The molecule has 0 saturated carbocycles. The highest BCUT2D eigenvalue weighted by atomic mass is 32.1. The Bertz CT molecular complexity index is 1250. The summed E-state index contributed by atoms with van der Waals surface area (Å²) in [6.07, 6.45) is 3.46. The largest absolute Gasteiger partial charge is 0.327 e. The maximum absolute atomic E-state index is 13.6. The lowest BCUT2D eigenvalue weighted by molar-refractivity contribution is -0.384. The summed E-state index contributed by atoms with van der Waals surface area (Å²) in [7, 11) is 0. The van der Waals surface area contributed by atoms with Crippen LogP contribution in [0.25, 0.3) is 5.69 Å². The summed E-state index contributed by atoms with van der Waals surface area (Å²) < 4.78 is 1.32. The molecule has 0 bridgehead atoms.